The van der Waals surface area contributed by atoms with Gasteiger partial charge in [0.2, 0.25) is 5.91 Å². The van der Waals surface area contributed by atoms with Gasteiger partial charge in [0.15, 0.2) is 11.0 Å². The van der Waals surface area contributed by atoms with E-state index in [0.717, 1.165) is 16.7 Å². The first-order valence-corrected chi connectivity index (χ1v) is 11.9. The first kappa shape index (κ1) is 23.3. The lowest BCUT2D eigenvalue weighted by Gasteiger charge is -2.17. The summed E-state index contributed by atoms with van der Waals surface area (Å²) in [6.07, 6.45) is 3.48. The molecule has 0 saturated heterocycles. The number of carbonyl (C=O) groups is 1. The first-order valence-electron chi connectivity index (χ1n) is 10.2. The van der Waals surface area contributed by atoms with Gasteiger partial charge in [0, 0.05) is 31.5 Å². The van der Waals surface area contributed by atoms with E-state index >= 15 is 0 Å². The zero-order valence-corrected chi connectivity index (χ0v) is 20.2. The van der Waals surface area contributed by atoms with E-state index in [2.05, 4.69) is 27.3 Å². The first-order chi connectivity index (χ1) is 16.0. The fourth-order valence-electron chi connectivity index (χ4n) is 3.25. The quantitative estimate of drug-likeness (QED) is 0.303. The highest BCUT2D eigenvalue weighted by molar-refractivity contribution is 7.99. The van der Waals surface area contributed by atoms with Crippen LogP contribution in [0.15, 0.2) is 78.2 Å². The van der Waals surface area contributed by atoms with Crippen molar-refractivity contribution < 1.29 is 4.79 Å². The van der Waals surface area contributed by atoms with E-state index < -0.39 is 0 Å². The zero-order valence-electron chi connectivity index (χ0n) is 17.9. The summed E-state index contributed by atoms with van der Waals surface area (Å²) >= 11 is 13.4. The molecule has 4 aromatic rings. The Balaban J connectivity index is 1.49. The van der Waals surface area contributed by atoms with Gasteiger partial charge >= 0.3 is 0 Å². The highest BCUT2D eigenvalue weighted by Gasteiger charge is 2.18. The third kappa shape index (κ3) is 5.93. The van der Waals surface area contributed by atoms with E-state index in [9.17, 15) is 4.79 Å². The van der Waals surface area contributed by atoms with Crippen LogP contribution >= 0.6 is 35.0 Å². The van der Waals surface area contributed by atoms with Crippen molar-refractivity contribution in [2.75, 3.05) is 12.8 Å². The molecule has 0 bridgehead atoms. The number of amides is 1. The summed E-state index contributed by atoms with van der Waals surface area (Å²) in [6, 6.07) is 19.3. The number of nitrogens with zero attached hydrogens (tertiary/aromatic N) is 5. The summed E-state index contributed by atoms with van der Waals surface area (Å²) in [5.41, 5.74) is 2.90. The van der Waals surface area contributed by atoms with Crippen LogP contribution in [-0.4, -0.2) is 43.4 Å². The fraction of sp³-hybridized carbons (Fsp3) is 0.167. The summed E-state index contributed by atoms with van der Waals surface area (Å²) < 4.78 is 2.02. The Morgan fingerprint density at radius 3 is 2.55 bits per heavy atom. The largest absolute Gasteiger partial charge is 0.341 e. The minimum absolute atomic E-state index is 0.0248. The highest BCUT2D eigenvalue weighted by atomic mass is 35.5. The van der Waals surface area contributed by atoms with Crippen molar-refractivity contribution >= 4 is 40.9 Å². The lowest BCUT2D eigenvalue weighted by Crippen LogP contribution is -2.28. The zero-order chi connectivity index (χ0) is 23.2. The highest BCUT2D eigenvalue weighted by Crippen LogP contribution is 2.26. The van der Waals surface area contributed by atoms with Gasteiger partial charge in [-0.3, -0.25) is 14.3 Å². The number of hydrogen-bond donors (Lipinski definition) is 0. The molecule has 1 amide bonds. The molecular formula is C24H21Cl2N5OS. The number of thioether (sulfide) groups is 1. The lowest BCUT2D eigenvalue weighted by atomic mass is 10.2. The molecule has 0 aliphatic carbocycles. The third-order valence-corrected chi connectivity index (χ3v) is 6.66. The minimum atomic E-state index is -0.0248. The van der Waals surface area contributed by atoms with Crippen molar-refractivity contribution in [2.24, 2.45) is 0 Å². The number of aromatic nitrogens is 4. The average Bonchev–Trinajstić information content (AvgIpc) is 3.23. The summed E-state index contributed by atoms with van der Waals surface area (Å²) in [6.45, 7) is 1.03. The van der Waals surface area contributed by atoms with Crippen molar-refractivity contribution in [3.05, 3.63) is 94.2 Å². The smallest absolute Gasteiger partial charge is 0.233 e. The molecule has 33 heavy (non-hydrogen) atoms. The molecule has 0 saturated carbocycles. The molecule has 4 rings (SSSR count). The molecule has 168 valence electrons. The molecule has 0 N–H and O–H groups in total. The van der Waals surface area contributed by atoms with Gasteiger partial charge in [0.25, 0.3) is 0 Å². The fourth-order valence-corrected chi connectivity index (χ4v) is 4.45. The Labute approximate surface area is 206 Å². The molecule has 0 atom stereocenters. The second-order valence-electron chi connectivity index (χ2n) is 7.41. The van der Waals surface area contributed by atoms with Crippen molar-refractivity contribution in [1.29, 1.82) is 0 Å². The van der Waals surface area contributed by atoms with Crippen molar-refractivity contribution in [3.63, 3.8) is 0 Å². The van der Waals surface area contributed by atoms with Gasteiger partial charge in [-0.2, -0.15) is 0 Å². The number of hydrogen-bond acceptors (Lipinski definition) is 5. The predicted molar refractivity (Wildman–Crippen MR) is 132 cm³/mol. The van der Waals surface area contributed by atoms with Crippen molar-refractivity contribution in [2.45, 2.75) is 18.2 Å². The van der Waals surface area contributed by atoms with E-state index in [1.165, 1.54) is 11.8 Å². The van der Waals surface area contributed by atoms with Crippen LogP contribution in [0.3, 0.4) is 0 Å². The SMILES string of the molecule is CN(Cc1ccc(Cl)c(Cl)c1)C(=O)CSc1nnc(-c2cccnc2)n1Cc1ccccc1. The summed E-state index contributed by atoms with van der Waals surface area (Å²) in [4.78, 5) is 18.7. The van der Waals surface area contributed by atoms with Gasteiger partial charge in [0.1, 0.15) is 0 Å². The van der Waals surface area contributed by atoms with Gasteiger partial charge in [-0.05, 0) is 35.4 Å². The molecule has 2 heterocycles. The van der Waals surface area contributed by atoms with Gasteiger partial charge in [-0.1, -0.05) is 71.4 Å². The van der Waals surface area contributed by atoms with E-state index in [1.807, 2.05) is 41.0 Å². The average molecular weight is 498 g/mol. The van der Waals surface area contributed by atoms with Gasteiger partial charge in [-0.15, -0.1) is 10.2 Å². The van der Waals surface area contributed by atoms with Crippen LogP contribution in [0.1, 0.15) is 11.1 Å². The molecule has 0 radical (unpaired) electrons. The van der Waals surface area contributed by atoms with Gasteiger partial charge in [-0.25, -0.2) is 0 Å². The maximum atomic E-state index is 12.8. The van der Waals surface area contributed by atoms with Crippen LogP contribution in [0.25, 0.3) is 11.4 Å². The molecule has 0 spiro atoms. The summed E-state index contributed by atoms with van der Waals surface area (Å²) in [5.74, 6) is 0.923. The Morgan fingerprint density at radius 2 is 1.82 bits per heavy atom. The van der Waals surface area contributed by atoms with Crippen LogP contribution in [0, 0.1) is 0 Å². The molecule has 2 aromatic carbocycles. The summed E-state index contributed by atoms with van der Waals surface area (Å²) in [7, 11) is 1.77. The van der Waals surface area contributed by atoms with Crippen LogP contribution in [0.4, 0.5) is 0 Å². The Hall–Kier alpha value is -2.87. The molecule has 2 aromatic heterocycles. The van der Waals surface area contributed by atoms with Gasteiger partial charge < -0.3 is 4.90 Å². The molecule has 0 unspecified atom stereocenters. The molecule has 0 aliphatic rings. The maximum absolute atomic E-state index is 12.8. The van der Waals surface area contributed by atoms with Gasteiger partial charge in [0.05, 0.1) is 22.3 Å². The van der Waals surface area contributed by atoms with Crippen LogP contribution in [-0.2, 0) is 17.9 Å². The topological polar surface area (TPSA) is 63.9 Å². The molecular weight excluding hydrogens is 477 g/mol. The number of halogens is 2. The molecule has 0 aliphatic heterocycles. The third-order valence-electron chi connectivity index (χ3n) is 4.97. The number of carbonyl (C=O) groups excluding carboxylic acids is 1. The Kier molecular flexibility index (Phi) is 7.65. The molecule has 9 heteroatoms. The Morgan fingerprint density at radius 1 is 1.00 bits per heavy atom. The van der Waals surface area contributed by atoms with Crippen LogP contribution in [0.2, 0.25) is 10.0 Å². The van der Waals surface area contributed by atoms with Crippen LogP contribution < -0.4 is 0 Å². The standard InChI is InChI=1S/C24H21Cl2N5OS/c1-30(14-18-9-10-20(25)21(26)12-18)22(32)16-33-24-29-28-23(19-8-5-11-27-13-19)31(24)15-17-6-3-2-4-7-17/h2-13H,14-16H2,1H3. The predicted octanol–water partition coefficient (Wildman–Crippen LogP) is 5.45. The number of benzene rings is 2. The van der Waals surface area contributed by atoms with Crippen molar-refractivity contribution in [1.82, 2.24) is 24.6 Å². The molecule has 0 fully saturated rings. The van der Waals surface area contributed by atoms with Crippen LogP contribution in [0.5, 0.6) is 0 Å². The molecule has 6 nitrogen and oxygen atoms in total. The van der Waals surface area contributed by atoms with E-state index in [0.29, 0.717) is 34.1 Å². The van der Waals surface area contributed by atoms with E-state index in [4.69, 9.17) is 23.2 Å². The minimum Gasteiger partial charge on any atom is -0.341 e. The normalized spacial score (nSPS) is 10.9. The second kappa shape index (κ2) is 10.8. The lowest BCUT2D eigenvalue weighted by molar-refractivity contribution is -0.127. The van der Waals surface area contributed by atoms with E-state index in [-0.39, 0.29) is 11.7 Å². The maximum Gasteiger partial charge on any atom is 0.233 e. The van der Waals surface area contributed by atoms with Crippen molar-refractivity contribution in [3.8, 4) is 11.4 Å². The van der Waals surface area contributed by atoms with E-state index in [1.54, 1.807) is 36.5 Å². The number of rotatable bonds is 8. The Bertz CT molecular complexity index is 1230. The number of pyridine rings is 1. The summed E-state index contributed by atoms with van der Waals surface area (Å²) in [5, 5.41) is 10.4. The second-order valence-corrected chi connectivity index (χ2v) is 9.16. The monoisotopic (exact) mass is 497 g/mol.